The van der Waals surface area contributed by atoms with E-state index in [1.807, 2.05) is 27.9 Å². The number of nitrogen functional groups attached to an aromatic ring is 1. The van der Waals surface area contributed by atoms with Crippen LogP contribution in [-0.2, 0) is 0 Å². The molecule has 0 spiro atoms. The van der Waals surface area contributed by atoms with Gasteiger partial charge in [-0.15, -0.1) is 0 Å². The van der Waals surface area contributed by atoms with Crippen LogP contribution in [-0.4, -0.2) is 38.0 Å². The molecule has 0 aromatic heterocycles. The van der Waals surface area contributed by atoms with Crippen LogP contribution in [0.4, 0.5) is 10.1 Å². The third-order valence-corrected chi connectivity index (χ3v) is 2.99. The van der Waals surface area contributed by atoms with Gasteiger partial charge in [0.15, 0.2) is 0 Å². The summed E-state index contributed by atoms with van der Waals surface area (Å²) in [4.78, 5) is 14.1. The Hall–Kier alpha value is -1.62. The first-order chi connectivity index (χ1) is 9.12. The van der Waals surface area contributed by atoms with Gasteiger partial charge in [-0.2, -0.15) is 0 Å². The third-order valence-electron chi connectivity index (χ3n) is 2.99. The number of halogens is 1. The zero-order valence-corrected chi connectivity index (χ0v) is 12.9. The number of nitrogens with one attached hydrogen (secondary N) is 1. The maximum atomic E-state index is 13.9. The summed E-state index contributed by atoms with van der Waals surface area (Å²) in [5, 5.41) is 2.78. The minimum atomic E-state index is -0.512. The Bertz CT molecular complexity index is 498. The summed E-state index contributed by atoms with van der Waals surface area (Å²) < 4.78 is 13.9. The highest BCUT2D eigenvalue weighted by Gasteiger charge is 2.21. The van der Waals surface area contributed by atoms with Gasteiger partial charge in [-0.25, -0.2) is 4.39 Å². The van der Waals surface area contributed by atoms with Crippen molar-refractivity contribution in [3.63, 3.8) is 0 Å². The standard InChI is InChI=1S/C15H24FN3O/c1-10-6-11(17)7-12(13(10)16)14(20)18-8-15(2,3)9-19(4)5/h6-7H,8-9,17H2,1-5H3,(H,18,20). The van der Waals surface area contributed by atoms with Gasteiger partial charge >= 0.3 is 0 Å². The van der Waals surface area contributed by atoms with Gasteiger partial charge in [0.2, 0.25) is 0 Å². The number of hydrogen-bond acceptors (Lipinski definition) is 3. The molecule has 0 aliphatic carbocycles. The van der Waals surface area contributed by atoms with Crippen molar-refractivity contribution in [2.45, 2.75) is 20.8 Å². The summed E-state index contributed by atoms with van der Waals surface area (Å²) in [6.07, 6.45) is 0. The minimum Gasteiger partial charge on any atom is -0.399 e. The topological polar surface area (TPSA) is 58.4 Å². The van der Waals surface area contributed by atoms with Crippen molar-refractivity contribution in [1.82, 2.24) is 10.2 Å². The maximum Gasteiger partial charge on any atom is 0.254 e. The van der Waals surface area contributed by atoms with E-state index in [2.05, 4.69) is 10.2 Å². The zero-order valence-electron chi connectivity index (χ0n) is 12.9. The van der Waals surface area contributed by atoms with Crippen LogP contribution in [0.25, 0.3) is 0 Å². The van der Waals surface area contributed by atoms with Crippen LogP contribution < -0.4 is 11.1 Å². The molecule has 0 radical (unpaired) electrons. The zero-order chi connectivity index (χ0) is 15.5. The number of carbonyl (C=O) groups is 1. The number of nitrogens with two attached hydrogens (primary N) is 1. The number of benzene rings is 1. The highest BCUT2D eigenvalue weighted by Crippen LogP contribution is 2.18. The van der Waals surface area contributed by atoms with Gasteiger partial charge in [0.1, 0.15) is 5.82 Å². The largest absolute Gasteiger partial charge is 0.399 e. The number of aryl methyl sites for hydroxylation is 1. The second-order valence-corrected chi connectivity index (χ2v) is 6.28. The molecule has 0 bridgehead atoms. The van der Waals surface area contributed by atoms with Gasteiger partial charge in [0, 0.05) is 18.8 Å². The van der Waals surface area contributed by atoms with Crippen LogP contribution in [0.15, 0.2) is 12.1 Å². The van der Waals surface area contributed by atoms with Gasteiger partial charge in [0.25, 0.3) is 5.91 Å². The lowest BCUT2D eigenvalue weighted by Crippen LogP contribution is -2.40. The highest BCUT2D eigenvalue weighted by molar-refractivity contribution is 5.95. The molecule has 0 atom stereocenters. The van der Waals surface area contributed by atoms with E-state index in [0.29, 0.717) is 17.8 Å². The van der Waals surface area contributed by atoms with E-state index in [1.54, 1.807) is 6.92 Å². The summed E-state index contributed by atoms with van der Waals surface area (Å²) >= 11 is 0. The van der Waals surface area contributed by atoms with E-state index >= 15 is 0 Å². The average molecular weight is 281 g/mol. The quantitative estimate of drug-likeness (QED) is 0.812. The molecule has 0 saturated heterocycles. The van der Waals surface area contributed by atoms with E-state index in [0.717, 1.165) is 6.54 Å². The van der Waals surface area contributed by atoms with Crippen LogP contribution in [0.2, 0.25) is 0 Å². The summed E-state index contributed by atoms with van der Waals surface area (Å²) in [6.45, 7) is 6.99. The molecule has 4 nitrogen and oxygen atoms in total. The number of nitrogens with zero attached hydrogens (tertiary/aromatic N) is 1. The normalized spacial score (nSPS) is 11.8. The predicted octanol–water partition coefficient (Wildman–Crippen LogP) is 2.03. The first-order valence-electron chi connectivity index (χ1n) is 6.61. The molecule has 1 aromatic rings. The summed E-state index contributed by atoms with van der Waals surface area (Å²) in [5.41, 5.74) is 6.34. The molecule has 3 N–H and O–H groups in total. The van der Waals surface area contributed by atoms with Gasteiger partial charge < -0.3 is 16.0 Å². The van der Waals surface area contributed by atoms with Gasteiger partial charge in [-0.1, -0.05) is 13.8 Å². The number of amides is 1. The fraction of sp³-hybridized carbons (Fsp3) is 0.533. The molecule has 5 heteroatoms. The number of carbonyl (C=O) groups excluding carboxylic acids is 1. The Morgan fingerprint density at radius 2 is 2.00 bits per heavy atom. The lowest BCUT2D eigenvalue weighted by Gasteiger charge is -2.28. The van der Waals surface area contributed by atoms with Crippen LogP contribution in [0.5, 0.6) is 0 Å². The number of rotatable bonds is 5. The van der Waals surface area contributed by atoms with E-state index in [1.165, 1.54) is 12.1 Å². The SMILES string of the molecule is Cc1cc(N)cc(C(=O)NCC(C)(C)CN(C)C)c1F. The smallest absolute Gasteiger partial charge is 0.254 e. The van der Waals surface area contributed by atoms with Crippen molar-refractivity contribution < 1.29 is 9.18 Å². The fourth-order valence-electron chi connectivity index (χ4n) is 2.29. The predicted molar refractivity (Wildman–Crippen MR) is 80.2 cm³/mol. The molecule has 0 aliphatic heterocycles. The van der Waals surface area contributed by atoms with Crippen molar-refractivity contribution >= 4 is 11.6 Å². The molecule has 1 rings (SSSR count). The maximum absolute atomic E-state index is 13.9. The molecule has 0 unspecified atom stereocenters. The van der Waals surface area contributed by atoms with Crippen molar-refractivity contribution in [3.8, 4) is 0 Å². The Kier molecular flexibility index (Phi) is 5.11. The monoisotopic (exact) mass is 281 g/mol. The van der Waals surface area contributed by atoms with E-state index < -0.39 is 11.7 Å². The molecule has 20 heavy (non-hydrogen) atoms. The Morgan fingerprint density at radius 3 is 2.55 bits per heavy atom. The van der Waals surface area contributed by atoms with Crippen LogP contribution in [0.1, 0.15) is 29.8 Å². The number of anilines is 1. The van der Waals surface area contributed by atoms with Crippen LogP contribution in [0.3, 0.4) is 0 Å². The van der Waals surface area contributed by atoms with Gasteiger partial charge in [-0.3, -0.25) is 4.79 Å². The third kappa shape index (κ3) is 4.49. The van der Waals surface area contributed by atoms with Crippen molar-refractivity contribution in [3.05, 3.63) is 29.1 Å². The van der Waals surface area contributed by atoms with E-state index in [-0.39, 0.29) is 11.0 Å². The second kappa shape index (κ2) is 6.22. The lowest BCUT2D eigenvalue weighted by molar-refractivity contribution is 0.0925. The number of hydrogen-bond donors (Lipinski definition) is 2. The first kappa shape index (κ1) is 16.4. The van der Waals surface area contributed by atoms with E-state index in [9.17, 15) is 9.18 Å². The lowest BCUT2D eigenvalue weighted by atomic mass is 9.93. The highest BCUT2D eigenvalue weighted by atomic mass is 19.1. The second-order valence-electron chi connectivity index (χ2n) is 6.28. The molecule has 0 aliphatic rings. The van der Waals surface area contributed by atoms with Crippen molar-refractivity contribution in [2.24, 2.45) is 5.41 Å². The Balaban J connectivity index is 2.78. The summed E-state index contributed by atoms with van der Waals surface area (Å²) in [7, 11) is 3.95. The Labute approximate surface area is 120 Å². The molecule has 0 fully saturated rings. The van der Waals surface area contributed by atoms with E-state index in [4.69, 9.17) is 5.73 Å². The molecule has 1 aromatic carbocycles. The van der Waals surface area contributed by atoms with Gasteiger partial charge in [0.05, 0.1) is 5.56 Å². The molecular formula is C15H24FN3O. The molecule has 112 valence electrons. The summed E-state index contributed by atoms with van der Waals surface area (Å²) in [6, 6.07) is 2.89. The summed E-state index contributed by atoms with van der Waals surface area (Å²) in [5.74, 6) is -0.938. The fourth-order valence-corrected chi connectivity index (χ4v) is 2.29. The Morgan fingerprint density at radius 1 is 1.40 bits per heavy atom. The minimum absolute atomic E-state index is 0.00292. The molecule has 0 saturated carbocycles. The van der Waals surface area contributed by atoms with Crippen molar-refractivity contribution in [1.29, 1.82) is 0 Å². The molecule has 1 amide bonds. The molecule has 0 heterocycles. The van der Waals surface area contributed by atoms with Crippen LogP contribution in [0, 0.1) is 18.2 Å². The molecular weight excluding hydrogens is 257 g/mol. The average Bonchev–Trinajstić information content (AvgIpc) is 2.29. The first-order valence-corrected chi connectivity index (χ1v) is 6.61. The van der Waals surface area contributed by atoms with Crippen molar-refractivity contribution in [2.75, 3.05) is 32.9 Å². The van der Waals surface area contributed by atoms with Crippen LogP contribution >= 0.6 is 0 Å². The van der Waals surface area contributed by atoms with Gasteiger partial charge in [-0.05, 0) is 44.1 Å².